The Hall–Kier alpha value is -3.61. The number of anilines is 3. The molecule has 3 heterocycles. The minimum Gasteiger partial charge on any atom is -0.367 e. The number of nitrogens with one attached hydrogen (secondary N) is 2. The highest BCUT2D eigenvalue weighted by atomic mass is 16.1. The number of rotatable bonds is 6. The number of fused-ring (bicyclic) bond motifs is 1. The second-order valence-electron chi connectivity index (χ2n) is 7.71. The van der Waals surface area contributed by atoms with E-state index in [4.69, 9.17) is 4.98 Å². The lowest BCUT2D eigenvalue weighted by Crippen LogP contribution is -2.19. The van der Waals surface area contributed by atoms with Crippen LogP contribution in [0.1, 0.15) is 31.7 Å². The van der Waals surface area contributed by atoms with Gasteiger partial charge in [-0.25, -0.2) is 4.98 Å². The lowest BCUT2D eigenvalue weighted by Gasteiger charge is -2.23. The smallest absolute Gasteiger partial charge is 0.228 e. The summed E-state index contributed by atoms with van der Waals surface area (Å²) in [5.41, 5.74) is 4.23. The van der Waals surface area contributed by atoms with E-state index in [0.29, 0.717) is 18.2 Å². The topological polar surface area (TPSA) is 74.6 Å². The van der Waals surface area contributed by atoms with Gasteiger partial charge in [-0.05, 0) is 43.5 Å². The molecule has 30 heavy (non-hydrogen) atoms. The molecule has 7 heteroatoms. The van der Waals surface area contributed by atoms with Gasteiger partial charge in [-0.2, -0.15) is 9.61 Å². The summed E-state index contributed by atoms with van der Waals surface area (Å²) in [5, 5.41) is 10.9. The molecular formula is C23H24N6O. The summed E-state index contributed by atoms with van der Waals surface area (Å²) in [6.45, 7) is 6.85. The minimum absolute atomic E-state index is 0.0336. The monoisotopic (exact) mass is 400 g/mol. The Morgan fingerprint density at radius 1 is 1.33 bits per heavy atom. The van der Waals surface area contributed by atoms with Gasteiger partial charge in [0.25, 0.3) is 0 Å². The predicted octanol–water partition coefficient (Wildman–Crippen LogP) is 3.88. The standard InChI is InChI=1S/C23H24N6O/c1-3-28(19-7-5-4-6-8-19)20-13-21(26-18-9-10-18)29-23(27-20)17(14-24-29)11-16-12-22(30)25-15(16)2/h4-8,11,13-14,18,26H,2-3,9-10,12H2,1H3,(H,25,30)/b16-11+. The van der Waals surface area contributed by atoms with Crippen LogP contribution in [0.25, 0.3) is 11.7 Å². The molecule has 1 aromatic carbocycles. The van der Waals surface area contributed by atoms with E-state index in [1.54, 1.807) is 6.20 Å². The molecule has 1 saturated heterocycles. The zero-order chi connectivity index (χ0) is 20.7. The molecule has 0 bridgehead atoms. The number of carbonyl (C=O) groups excluding carboxylic acids is 1. The van der Waals surface area contributed by atoms with Crippen molar-refractivity contribution in [3.8, 4) is 0 Å². The maximum Gasteiger partial charge on any atom is 0.228 e. The summed E-state index contributed by atoms with van der Waals surface area (Å²) in [6, 6.07) is 12.8. The highest BCUT2D eigenvalue weighted by Gasteiger charge is 2.24. The number of allylic oxidation sites excluding steroid dienone is 1. The average molecular weight is 400 g/mol. The molecule has 0 atom stereocenters. The number of para-hydroxylation sites is 1. The van der Waals surface area contributed by atoms with Crippen molar-refractivity contribution < 1.29 is 4.79 Å². The Labute approximate surface area is 175 Å². The number of aromatic nitrogens is 3. The van der Waals surface area contributed by atoms with Gasteiger partial charge >= 0.3 is 0 Å². The lowest BCUT2D eigenvalue weighted by atomic mass is 10.1. The first-order valence-corrected chi connectivity index (χ1v) is 10.3. The Balaban J connectivity index is 1.63. The molecule has 2 N–H and O–H groups in total. The van der Waals surface area contributed by atoms with Crippen LogP contribution in [0, 0.1) is 0 Å². The molecule has 3 aromatic rings. The second-order valence-corrected chi connectivity index (χ2v) is 7.71. The van der Waals surface area contributed by atoms with E-state index in [-0.39, 0.29) is 5.91 Å². The molecule has 7 nitrogen and oxygen atoms in total. The van der Waals surface area contributed by atoms with E-state index < -0.39 is 0 Å². The maximum absolute atomic E-state index is 11.7. The molecule has 1 saturated carbocycles. The molecule has 0 spiro atoms. The largest absolute Gasteiger partial charge is 0.367 e. The van der Waals surface area contributed by atoms with Gasteiger partial charge in [0, 0.05) is 35.6 Å². The van der Waals surface area contributed by atoms with Crippen molar-refractivity contribution in [3.63, 3.8) is 0 Å². The van der Waals surface area contributed by atoms with Gasteiger partial charge in [0.05, 0.1) is 12.6 Å². The summed E-state index contributed by atoms with van der Waals surface area (Å²) in [7, 11) is 0. The third kappa shape index (κ3) is 3.43. The van der Waals surface area contributed by atoms with Gasteiger partial charge in [-0.3, -0.25) is 4.79 Å². The minimum atomic E-state index is -0.0336. The molecule has 152 valence electrons. The molecule has 2 fully saturated rings. The molecule has 1 amide bonds. The number of nitrogens with zero attached hydrogens (tertiary/aromatic N) is 4. The van der Waals surface area contributed by atoms with Crippen LogP contribution in [-0.2, 0) is 4.79 Å². The van der Waals surface area contributed by atoms with Crippen molar-refractivity contribution in [3.05, 3.63) is 66.0 Å². The molecule has 1 aliphatic heterocycles. The number of amides is 1. The number of carbonyl (C=O) groups is 1. The Bertz CT molecular complexity index is 1160. The summed E-state index contributed by atoms with van der Waals surface area (Å²) in [5.74, 6) is 1.75. The summed E-state index contributed by atoms with van der Waals surface area (Å²) >= 11 is 0. The molecule has 0 radical (unpaired) electrons. The zero-order valence-electron chi connectivity index (χ0n) is 16.9. The summed E-state index contributed by atoms with van der Waals surface area (Å²) in [4.78, 5) is 18.9. The van der Waals surface area contributed by atoms with Gasteiger partial charge in [0.2, 0.25) is 5.91 Å². The van der Waals surface area contributed by atoms with Crippen LogP contribution in [0.15, 0.2) is 60.4 Å². The quantitative estimate of drug-likeness (QED) is 0.657. The fourth-order valence-corrected chi connectivity index (χ4v) is 3.73. The van der Waals surface area contributed by atoms with Crippen LogP contribution in [0.2, 0.25) is 0 Å². The highest BCUT2D eigenvalue weighted by molar-refractivity contribution is 5.89. The van der Waals surface area contributed by atoms with Crippen molar-refractivity contribution in [2.45, 2.75) is 32.2 Å². The van der Waals surface area contributed by atoms with E-state index in [2.05, 4.69) is 52.3 Å². The fraction of sp³-hybridized carbons (Fsp3) is 0.261. The molecule has 2 aliphatic rings. The van der Waals surface area contributed by atoms with E-state index in [9.17, 15) is 4.79 Å². The van der Waals surface area contributed by atoms with Crippen molar-refractivity contribution in [1.29, 1.82) is 0 Å². The van der Waals surface area contributed by atoms with Gasteiger partial charge in [0.1, 0.15) is 11.6 Å². The number of benzene rings is 1. The number of hydrogen-bond donors (Lipinski definition) is 2. The summed E-state index contributed by atoms with van der Waals surface area (Å²) < 4.78 is 1.85. The zero-order valence-corrected chi connectivity index (χ0v) is 16.9. The summed E-state index contributed by atoms with van der Waals surface area (Å²) in [6.07, 6.45) is 6.42. The first-order chi connectivity index (χ1) is 14.6. The van der Waals surface area contributed by atoms with Crippen LogP contribution >= 0.6 is 0 Å². The van der Waals surface area contributed by atoms with Crippen molar-refractivity contribution in [2.75, 3.05) is 16.8 Å². The first-order valence-electron chi connectivity index (χ1n) is 10.3. The fourth-order valence-electron chi connectivity index (χ4n) is 3.73. The van der Waals surface area contributed by atoms with E-state index >= 15 is 0 Å². The molecule has 5 rings (SSSR count). The van der Waals surface area contributed by atoms with Crippen molar-refractivity contribution >= 4 is 35.0 Å². The van der Waals surface area contributed by atoms with Gasteiger partial charge in [-0.1, -0.05) is 24.8 Å². The van der Waals surface area contributed by atoms with Gasteiger partial charge in [-0.15, -0.1) is 0 Å². The second kappa shape index (κ2) is 7.33. The van der Waals surface area contributed by atoms with E-state index in [1.165, 1.54) is 12.8 Å². The van der Waals surface area contributed by atoms with Gasteiger partial charge in [0.15, 0.2) is 5.65 Å². The normalized spacial score (nSPS) is 17.6. The third-order valence-corrected chi connectivity index (χ3v) is 5.43. The van der Waals surface area contributed by atoms with Crippen LogP contribution in [0.3, 0.4) is 0 Å². The van der Waals surface area contributed by atoms with E-state index in [1.807, 2.05) is 28.8 Å². The van der Waals surface area contributed by atoms with Crippen molar-refractivity contribution in [1.82, 2.24) is 19.9 Å². The van der Waals surface area contributed by atoms with Crippen LogP contribution < -0.4 is 15.5 Å². The molecular weight excluding hydrogens is 376 g/mol. The lowest BCUT2D eigenvalue weighted by molar-refractivity contribution is -0.118. The molecule has 0 unspecified atom stereocenters. The van der Waals surface area contributed by atoms with E-state index in [0.717, 1.165) is 40.7 Å². The Morgan fingerprint density at radius 2 is 2.13 bits per heavy atom. The average Bonchev–Trinajstić information content (AvgIpc) is 3.38. The third-order valence-electron chi connectivity index (χ3n) is 5.43. The Morgan fingerprint density at radius 3 is 2.80 bits per heavy atom. The van der Waals surface area contributed by atoms with Crippen LogP contribution in [0.5, 0.6) is 0 Å². The number of hydrogen-bond acceptors (Lipinski definition) is 5. The van der Waals surface area contributed by atoms with Crippen LogP contribution in [-0.4, -0.2) is 33.1 Å². The molecule has 2 aromatic heterocycles. The highest BCUT2D eigenvalue weighted by Crippen LogP contribution is 2.31. The van der Waals surface area contributed by atoms with Crippen molar-refractivity contribution in [2.24, 2.45) is 0 Å². The van der Waals surface area contributed by atoms with Crippen LogP contribution in [0.4, 0.5) is 17.3 Å². The molecule has 1 aliphatic carbocycles. The Kier molecular flexibility index (Phi) is 4.50. The maximum atomic E-state index is 11.7. The SMILES string of the molecule is C=C1NC(=O)C/C1=C\c1cnn2c(NC3CC3)cc(N(CC)c3ccccc3)nc12. The predicted molar refractivity (Wildman–Crippen MR) is 119 cm³/mol. The van der Waals surface area contributed by atoms with Gasteiger partial charge < -0.3 is 15.5 Å². The first kappa shape index (κ1) is 18.4.